The van der Waals surface area contributed by atoms with Crippen molar-refractivity contribution < 1.29 is 0 Å². The van der Waals surface area contributed by atoms with Crippen molar-refractivity contribution in [2.24, 2.45) is 0 Å². The fourth-order valence-corrected chi connectivity index (χ4v) is 3.20. The summed E-state index contributed by atoms with van der Waals surface area (Å²) in [5.41, 5.74) is 0. The lowest BCUT2D eigenvalue weighted by Crippen LogP contribution is -2.42. The van der Waals surface area contributed by atoms with Crippen molar-refractivity contribution in [1.82, 2.24) is 10.2 Å². The summed E-state index contributed by atoms with van der Waals surface area (Å²) >= 11 is 1.97. The highest BCUT2D eigenvalue weighted by atomic mass is 32.2. The maximum Gasteiger partial charge on any atom is 0.00914 e. The van der Waals surface area contributed by atoms with Crippen molar-refractivity contribution in [2.45, 2.75) is 57.9 Å². The molecule has 0 spiro atoms. The summed E-state index contributed by atoms with van der Waals surface area (Å²) in [6, 6.07) is 0.796. The predicted octanol–water partition coefficient (Wildman–Crippen LogP) is 3.37. The first-order valence-corrected chi connectivity index (χ1v) is 9.21. The molecule has 0 radical (unpaired) electrons. The molecule has 18 heavy (non-hydrogen) atoms. The average Bonchev–Trinajstić information content (AvgIpc) is 2.40. The molecule has 1 aliphatic rings. The molecule has 1 fully saturated rings. The first kappa shape index (κ1) is 16.3. The zero-order valence-corrected chi connectivity index (χ0v) is 13.2. The minimum atomic E-state index is 0.796. The van der Waals surface area contributed by atoms with Crippen LogP contribution in [0.3, 0.4) is 0 Å². The lowest BCUT2D eigenvalue weighted by molar-refractivity contribution is 0.198. The van der Waals surface area contributed by atoms with Crippen LogP contribution in [-0.2, 0) is 0 Å². The van der Waals surface area contributed by atoms with Crippen molar-refractivity contribution in [3.05, 3.63) is 0 Å². The van der Waals surface area contributed by atoms with Gasteiger partial charge in [0, 0.05) is 6.04 Å². The van der Waals surface area contributed by atoms with E-state index >= 15 is 0 Å². The van der Waals surface area contributed by atoms with E-state index in [1.54, 1.807) is 0 Å². The van der Waals surface area contributed by atoms with Gasteiger partial charge in [0.05, 0.1) is 0 Å². The van der Waals surface area contributed by atoms with Gasteiger partial charge >= 0.3 is 0 Å². The number of hydrogen-bond acceptors (Lipinski definition) is 3. The summed E-state index contributed by atoms with van der Waals surface area (Å²) in [6.45, 7) is 7.42. The van der Waals surface area contributed by atoms with E-state index in [1.165, 1.54) is 76.9 Å². The van der Waals surface area contributed by atoms with Gasteiger partial charge in [0.25, 0.3) is 0 Å². The molecule has 0 amide bonds. The molecule has 0 atom stereocenters. The molecule has 108 valence electrons. The Morgan fingerprint density at radius 3 is 2.50 bits per heavy atom. The normalized spacial score (nSPS) is 18.3. The first-order chi connectivity index (χ1) is 8.86. The van der Waals surface area contributed by atoms with Crippen molar-refractivity contribution in [2.75, 3.05) is 38.2 Å². The van der Waals surface area contributed by atoms with Crippen LogP contribution in [0.4, 0.5) is 0 Å². The second kappa shape index (κ2) is 11.1. The molecule has 0 bridgehead atoms. The number of piperidine rings is 1. The monoisotopic (exact) mass is 272 g/mol. The van der Waals surface area contributed by atoms with Crippen LogP contribution in [-0.4, -0.2) is 49.1 Å². The Hall–Kier alpha value is 0.270. The number of nitrogens with one attached hydrogen (secondary N) is 1. The smallest absolute Gasteiger partial charge is 0.00914 e. The molecule has 0 aromatic heterocycles. The SMILES string of the molecule is CCCN1CCC(NCCCCCCSC)CC1. The molecule has 0 aliphatic carbocycles. The van der Waals surface area contributed by atoms with Gasteiger partial charge in [-0.2, -0.15) is 11.8 Å². The van der Waals surface area contributed by atoms with Crippen LogP contribution in [0.25, 0.3) is 0 Å². The molecule has 2 nitrogen and oxygen atoms in total. The maximum absolute atomic E-state index is 3.74. The van der Waals surface area contributed by atoms with E-state index in [4.69, 9.17) is 0 Å². The highest BCUT2D eigenvalue weighted by Gasteiger charge is 2.17. The summed E-state index contributed by atoms with van der Waals surface area (Å²) in [7, 11) is 0. The van der Waals surface area contributed by atoms with E-state index in [2.05, 4.69) is 23.4 Å². The molecule has 1 N–H and O–H groups in total. The quantitative estimate of drug-likeness (QED) is 0.614. The van der Waals surface area contributed by atoms with Crippen LogP contribution in [0.5, 0.6) is 0 Å². The number of thioether (sulfide) groups is 1. The van der Waals surface area contributed by atoms with Crippen molar-refractivity contribution >= 4 is 11.8 Å². The number of likely N-dealkylation sites (tertiary alicyclic amines) is 1. The Bertz CT molecular complexity index is 179. The average molecular weight is 273 g/mol. The van der Waals surface area contributed by atoms with Crippen LogP contribution in [0, 0.1) is 0 Å². The second-order valence-corrected chi connectivity index (χ2v) is 6.46. The Labute approximate surface area is 118 Å². The summed E-state index contributed by atoms with van der Waals surface area (Å²) in [5, 5.41) is 3.74. The summed E-state index contributed by atoms with van der Waals surface area (Å²) in [4.78, 5) is 2.61. The lowest BCUT2D eigenvalue weighted by Gasteiger charge is -2.32. The first-order valence-electron chi connectivity index (χ1n) is 7.81. The second-order valence-electron chi connectivity index (χ2n) is 5.48. The van der Waals surface area contributed by atoms with Gasteiger partial charge in [0.2, 0.25) is 0 Å². The Morgan fingerprint density at radius 1 is 1.11 bits per heavy atom. The fraction of sp³-hybridized carbons (Fsp3) is 1.00. The lowest BCUT2D eigenvalue weighted by atomic mass is 10.0. The van der Waals surface area contributed by atoms with Gasteiger partial charge in [0.1, 0.15) is 0 Å². The highest BCUT2D eigenvalue weighted by molar-refractivity contribution is 7.98. The summed E-state index contributed by atoms with van der Waals surface area (Å²) < 4.78 is 0. The summed E-state index contributed by atoms with van der Waals surface area (Å²) in [5.74, 6) is 1.34. The van der Waals surface area contributed by atoms with Gasteiger partial charge in [-0.1, -0.05) is 19.8 Å². The Balaban J connectivity index is 1.88. The molecule has 1 rings (SSSR count). The summed E-state index contributed by atoms with van der Waals surface area (Å²) in [6.07, 6.45) is 11.8. The molecular weight excluding hydrogens is 240 g/mol. The molecule has 3 heteroatoms. The molecule has 1 saturated heterocycles. The number of nitrogens with zero attached hydrogens (tertiary/aromatic N) is 1. The molecule has 0 saturated carbocycles. The fourth-order valence-electron chi connectivity index (χ4n) is 2.71. The minimum absolute atomic E-state index is 0.796. The number of unbranched alkanes of at least 4 members (excludes halogenated alkanes) is 3. The van der Waals surface area contributed by atoms with Crippen molar-refractivity contribution in [3.63, 3.8) is 0 Å². The zero-order valence-electron chi connectivity index (χ0n) is 12.4. The van der Waals surface area contributed by atoms with Gasteiger partial charge in [0.15, 0.2) is 0 Å². The van der Waals surface area contributed by atoms with Gasteiger partial charge in [-0.3, -0.25) is 0 Å². The zero-order chi connectivity index (χ0) is 13.1. The van der Waals surface area contributed by atoms with Gasteiger partial charge in [-0.15, -0.1) is 0 Å². The van der Waals surface area contributed by atoms with Crippen molar-refractivity contribution in [1.29, 1.82) is 0 Å². The third kappa shape index (κ3) is 7.65. The third-order valence-corrected chi connectivity index (χ3v) is 4.53. The van der Waals surface area contributed by atoms with Crippen LogP contribution in [0.1, 0.15) is 51.9 Å². The predicted molar refractivity (Wildman–Crippen MR) is 84.6 cm³/mol. The van der Waals surface area contributed by atoms with E-state index in [0.29, 0.717) is 0 Å². The third-order valence-electron chi connectivity index (χ3n) is 3.84. The van der Waals surface area contributed by atoms with E-state index in [1.807, 2.05) is 11.8 Å². The van der Waals surface area contributed by atoms with E-state index < -0.39 is 0 Å². The van der Waals surface area contributed by atoms with Crippen LogP contribution in [0.15, 0.2) is 0 Å². The topological polar surface area (TPSA) is 15.3 Å². The standard InChI is InChI=1S/C15H32N2S/c1-3-11-17-12-8-15(9-13-17)16-10-6-4-5-7-14-18-2/h15-16H,3-14H2,1-2H3. The van der Waals surface area contributed by atoms with Crippen LogP contribution in [0.2, 0.25) is 0 Å². The maximum atomic E-state index is 3.74. The van der Waals surface area contributed by atoms with Gasteiger partial charge in [-0.25, -0.2) is 0 Å². The number of rotatable bonds is 10. The van der Waals surface area contributed by atoms with E-state index in [-0.39, 0.29) is 0 Å². The van der Waals surface area contributed by atoms with Gasteiger partial charge in [-0.05, 0) is 70.3 Å². The Kier molecular flexibility index (Phi) is 10.1. The van der Waals surface area contributed by atoms with Crippen LogP contribution >= 0.6 is 11.8 Å². The highest BCUT2D eigenvalue weighted by Crippen LogP contribution is 2.11. The van der Waals surface area contributed by atoms with E-state index in [9.17, 15) is 0 Å². The molecule has 1 aliphatic heterocycles. The van der Waals surface area contributed by atoms with Crippen LogP contribution < -0.4 is 5.32 Å². The molecule has 0 unspecified atom stereocenters. The molecular formula is C15H32N2S. The minimum Gasteiger partial charge on any atom is -0.314 e. The van der Waals surface area contributed by atoms with Gasteiger partial charge < -0.3 is 10.2 Å². The van der Waals surface area contributed by atoms with E-state index in [0.717, 1.165) is 6.04 Å². The largest absolute Gasteiger partial charge is 0.314 e. The molecule has 0 aromatic carbocycles. The number of hydrogen-bond donors (Lipinski definition) is 1. The van der Waals surface area contributed by atoms with Crippen molar-refractivity contribution in [3.8, 4) is 0 Å². The molecule has 1 heterocycles. The molecule has 0 aromatic rings. The Morgan fingerprint density at radius 2 is 1.83 bits per heavy atom.